The molecule has 0 saturated carbocycles. The molecule has 0 unspecified atom stereocenters. The van der Waals surface area contributed by atoms with Crippen LogP contribution in [0.2, 0.25) is 0 Å². The van der Waals surface area contributed by atoms with Crippen LogP contribution in [0.4, 0.5) is 4.79 Å². The summed E-state index contributed by atoms with van der Waals surface area (Å²) in [5.74, 6) is 0.826. The number of hydrogen-bond donors (Lipinski definition) is 2. The van der Waals surface area contributed by atoms with Gasteiger partial charge < -0.3 is 20.2 Å². The Morgan fingerprint density at radius 3 is 2.65 bits per heavy atom. The highest BCUT2D eigenvalue weighted by Gasteiger charge is 2.16. The molecule has 1 fully saturated rings. The van der Waals surface area contributed by atoms with E-state index in [1.165, 1.54) is 12.8 Å². The second-order valence-corrected chi connectivity index (χ2v) is 6.39. The molecule has 1 saturated heterocycles. The Hall–Kier alpha value is -1.59. The third-order valence-electron chi connectivity index (χ3n) is 4.45. The summed E-state index contributed by atoms with van der Waals surface area (Å²) in [4.78, 5) is 16.4. The van der Waals surface area contributed by atoms with E-state index in [2.05, 4.69) is 17.1 Å². The molecule has 23 heavy (non-hydrogen) atoms. The predicted octanol–water partition coefficient (Wildman–Crippen LogP) is 1.92. The van der Waals surface area contributed by atoms with Gasteiger partial charge in [0.1, 0.15) is 0 Å². The summed E-state index contributed by atoms with van der Waals surface area (Å²) in [5, 5.41) is 12.2. The second kappa shape index (κ2) is 9.53. The number of hydrogen-bond acceptors (Lipinski definition) is 3. The number of nitrogens with zero attached hydrogens (tertiary/aromatic N) is 2. The Balaban J connectivity index is 1.74. The summed E-state index contributed by atoms with van der Waals surface area (Å²) in [6.45, 7) is 6.96. The zero-order valence-electron chi connectivity index (χ0n) is 14.1. The van der Waals surface area contributed by atoms with Gasteiger partial charge in [0.05, 0.1) is 6.61 Å². The first-order chi connectivity index (χ1) is 11.2. The largest absolute Gasteiger partial charge is 0.395 e. The van der Waals surface area contributed by atoms with Crippen molar-refractivity contribution in [1.29, 1.82) is 0 Å². The lowest BCUT2D eigenvalue weighted by Gasteiger charge is -2.30. The van der Waals surface area contributed by atoms with Gasteiger partial charge in [0.25, 0.3) is 0 Å². The molecule has 1 heterocycles. The molecule has 1 aliphatic rings. The number of carbonyl (C=O) groups excluding carboxylic acids is 1. The number of likely N-dealkylation sites (tertiary alicyclic amines) is 1. The van der Waals surface area contributed by atoms with E-state index in [0.717, 1.165) is 31.1 Å². The van der Waals surface area contributed by atoms with E-state index in [9.17, 15) is 9.90 Å². The molecule has 0 aromatic heterocycles. The molecule has 128 valence electrons. The van der Waals surface area contributed by atoms with Crippen molar-refractivity contribution in [2.24, 2.45) is 5.92 Å². The summed E-state index contributed by atoms with van der Waals surface area (Å²) >= 11 is 0. The fourth-order valence-electron chi connectivity index (χ4n) is 2.90. The van der Waals surface area contributed by atoms with Crippen molar-refractivity contribution in [3.63, 3.8) is 0 Å². The molecule has 1 aromatic carbocycles. The monoisotopic (exact) mass is 319 g/mol. The van der Waals surface area contributed by atoms with Crippen LogP contribution in [0.1, 0.15) is 25.3 Å². The van der Waals surface area contributed by atoms with E-state index in [4.69, 9.17) is 0 Å². The van der Waals surface area contributed by atoms with E-state index in [0.29, 0.717) is 19.6 Å². The lowest BCUT2D eigenvalue weighted by atomic mass is 9.99. The SMILES string of the molecule is CC1CCN(CCNC(=O)N(CCO)Cc2ccccc2)CC1. The van der Waals surface area contributed by atoms with Crippen LogP contribution in [0.5, 0.6) is 0 Å². The number of benzene rings is 1. The minimum Gasteiger partial charge on any atom is -0.395 e. The Bertz CT molecular complexity index is 459. The molecule has 0 bridgehead atoms. The quantitative estimate of drug-likeness (QED) is 0.807. The lowest BCUT2D eigenvalue weighted by molar-refractivity contribution is 0.167. The van der Waals surface area contributed by atoms with Gasteiger partial charge in [-0.3, -0.25) is 0 Å². The van der Waals surface area contributed by atoms with Crippen molar-refractivity contribution >= 4 is 6.03 Å². The van der Waals surface area contributed by atoms with Gasteiger partial charge in [0, 0.05) is 26.2 Å². The number of amides is 2. The number of piperidine rings is 1. The third kappa shape index (κ3) is 6.20. The normalized spacial score (nSPS) is 16.3. The van der Waals surface area contributed by atoms with Crippen molar-refractivity contribution in [3.05, 3.63) is 35.9 Å². The molecular weight excluding hydrogens is 290 g/mol. The summed E-state index contributed by atoms with van der Waals surface area (Å²) in [7, 11) is 0. The number of urea groups is 1. The predicted molar refractivity (Wildman–Crippen MR) is 92.2 cm³/mol. The molecule has 5 heteroatoms. The van der Waals surface area contributed by atoms with Gasteiger partial charge in [-0.15, -0.1) is 0 Å². The highest BCUT2D eigenvalue weighted by atomic mass is 16.3. The summed E-state index contributed by atoms with van der Waals surface area (Å²) in [6.07, 6.45) is 2.50. The van der Waals surface area contributed by atoms with Gasteiger partial charge in [0.15, 0.2) is 0 Å². The molecule has 1 aliphatic heterocycles. The van der Waals surface area contributed by atoms with E-state index in [-0.39, 0.29) is 12.6 Å². The highest BCUT2D eigenvalue weighted by molar-refractivity contribution is 5.74. The molecule has 5 nitrogen and oxygen atoms in total. The molecule has 0 radical (unpaired) electrons. The molecule has 2 rings (SSSR count). The average molecular weight is 319 g/mol. The fourth-order valence-corrected chi connectivity index (χ4v) is 2.90. The molecule has 2 amide bonds. The third-order valence-corrected chi connectivity index (χ3v) is 4.45. The summed E-state index contributed by atoms with van der Waals surface area (Å²) < 4.78 is 0. The Labute approximate surface area is 139 Å². The minimum atomic E-state index is -0.103. The van der Waals surface area contributed by atoms with Gasteiger partial charge in [-0.25, -0.2) is 4.79 Å². The molecule has 0 spiro atoms. The zero-order chi connectivity index (χ0) is 16.5. The minimum absolute atomic E-state index is 0.0235. The number of carbonyl (C=O) groups is 1. The van der Waals surface area contributed by atoms with Crippen molar-refractivity contribution in [2.75, 3.05) is 39.3 Å². The first kappa shape index (κ1) is 17.8. The van der Waals surface area contributed by atoms with Gasteiger partial charge in [-0.2, -0.15) is 0 Å². The van der Waals surface area contributed by atoms with Crippen LogP contribution in [0.3, 0.4) is 0 Å². The lowest BCUT2D eigenvalue weighted by Crippen LogP contribution is -2.44. The number of aliphatic hydroxyl groups is 1. The molecule has 1 aromatic rings. The molecular formula is C18H29N3O2. The van der Waals surface area contributed by atoms with Gasteiger partial charge in [-0.05, 0) is 37.4 Å². The molecule has 0 atom stereocenters. The Morgan fingerprint density at radius 1 is 1.30 bits per heavy atom. The van der Waals surface area contributed by atoms with Crippen LogP contribution in [0, 0.1) is 5.92 Å². The maximum absolute atomic E-state index is 12.3. The standard InChI is InChI=1S/C18H29N3O2/c1-16-7-10-20(11-8-16)12-9-19-18(23)21(13-14-22)15-17-5-3-2-4-6-17/h2-6,16,22H,7-15H2,1H3,(H,19,23). The van der Waals surface area contributed by atoms with Crippen molar-refractivity contribution < 1.29 is 9.90 Å². The highest BCUT2D eigenvalue weighted by Crippen LogP contribution is 2.15. The van der Waals surface area contributed by atoms with Crippen molar-refractivity contribution in [3.8, 4) is 0 Å². The first-order valence-electron chi connectivity index (χ1n) is 8.59. The van der Waals surface area contributed by atoms with Gasteiger partial charge in [-0.1, -0.05) is 37.3 Å². The number of aliphatic hydroxyl groups excluding tert-OH is 1. The summed E-state index contributed by atoms with van der Waals surface area (Å²) in [6, 6.07) is 9.76. The average Bonchev–Trinajstić information content (AvgIpc) is 2.57. The van der Waals surface area contributed by atoms with Crippen LogP contribution in [0.25, 0.3) is 0 Å². The maximum atomic E-state index is 12.3. The second-order valence-electron chi connectivity index (χ2n) is 6.39. The first-order valence-corrected chi connectivity index (χ1v) is 8.59. The Morgan fingerprint density at radius 2 is 2.00 bits per heavy atom. The Kier molecular flexibility index (Phi) is 7.36. The van der Waals surface area contributed by atoms with Crippen LogP contribution in [-0.4, -0.2) is 60.3 Å². The topological polar surface area (TPSA) is 55.8 Å². The number of rotatable bonds is 7. The van der Waals surface area contributed by atoms with Crippen molar-refractivity contribution in [2.45, 2.75) is 26.3 Å². The maximum Gasteiger partial charge on any atom is 0.317 e. The number of nitrogens with one attached hydrogen (secondary N) is 1. The van der Waals surface area contributed by atoms with E-state index in [1.54, 1.807) is 4.90 Å². The van der Waals surface area contributed by atoms with E-state index in [1.807, 2.05) is 30.3 Å². The molecule has 2 N–H and O–H groups in total. The summed E-state index contributed by atoms with van der Waals surface area (Å²) in [5.41, 5.74) is 1.07. The van der Waals surface area contributed by atoms with Crippen LogP contribution in [0.15, 0.2) is 30.3 Å². The van der Waals surface area contributed by atoms with Crippen LogP contribution >= 0.6 is 0 Å². The van der Waals surface area contributed by atoms with Gasteiger partial charge >= 0.3 is 6.03 Å². The fraction of sp³-hybridized carbons (Fsp3) is 0.611. The van der Waals surface area contributed by atoms with Crippen LogP contribution in [-0.2, 0) is 6.54 Å². The van der Waals surface area contributed by atoms with Crippen LogP contribution < -0.4 is 5.32 Å². The zero-order valence-corrected chi connectivity index (χ0v) is 14.1. The van der Waals surface area contributed by atoms with Gasteiger partial charge in [0.2, 0.25) is 0 Å². The van der Waals surface area contributed by atoms with E-state index < -0.39 is 0 Å². The molecule has 0 aliphatic carbocycles. The van der Waals surface area contributed by atoms with Crippen molar-refractivity contribution in [1.82, 2.24) is 15.1 Å². The van der Waals surface area contributed by atoms with E-state index >= 15 is 0 Å². The smallest absolute Gasteiger partial charge is 0.317 e.